The molecule has 0 aliphatic carbocycles. The molecule has 0 saturated heterocycles. The van der Waals surface area contributed by atoms with E-state index in [2.05, 4.69) is 45.9 Å². The molecule has 128 valence electrons. The summed E-state index contributed by atoms with van der Waals surface area (Å²) in [4.78, 5) is 0. The Balaban J connectivity index is -0.0000000990. The van der Waals surface area contributed by atoms with Gasteiger partial charge in [-0.2, -0.15) is 0 Å². The lowest BCUT2D eigenvalue weighted by molar-refractivity contribution is 0.386. The van der Waals surface area contributed by atoms with Crippen LogP contribution in [0.1, 0.15) is 93.4 Å². The van der Waals surface area contributed by atoms with Crippen molar-refractivity contribution in [3.63, 3.8) is 0 Å². The van der Waals surface area contributed by atoms with Gasteiger partial charge in [0.05, 0.1) is 6.20 Å². The molecule has 1 aromatic heterocycles. The molecule has 21 heavy (non-hydrogen) atoms. The zero-order valence-corrected chi connectivity index (χ0v) is 16.6. The maximum atomic E-state index is 4.86. The molecule has 0 fully saturated rings. The molecule has 0 aliphatic rings. The van der Waals surface area contributed by atoms with Gasteiger partial charge < -0.3 is 4.52 Å². The number of aromatic nitrogens is 1. The molecular weight excluding hydrogens is 258 g/mol. The zero-order valence-electron chi connectivity index (χ0n) is 16.6. The lowest BCUT2D eigenvalue weighted by Gasteiger charge is -1.85. The predicted molar refractivity (Wildman–Crippen MR) is 99.0 cm³/mol. The minimum absolute atomic E-state index is 0.936. The fourth-order valence-electron chi connectivity index (χ4n) is 0.861. The highest BCUT2D eigenvalue weighted by atomic mass is 16.5. The van der Waals surface area contributed by atoms with Crippen molar-refractivity contribution in [2.45, 2.75) is 95.4 Å². The van der Waals surface area contributed by atoms with Crippen molar-refractivity contribution < 1.29 is 4.52 Å². The summed E-state index contributed by atoms with van der Waals surface area (Å²) in [5, 5.41) is 3.62. The smallest absolute Gasteiger partial charge is 0.139 e. The van der Waals surface area contributed by atoms with Crippen molar-refractivity contribution in [3.8, 4) is 0 Å². The van der Waals surface area contributed by atoms with Gasteiger partial charge in [0.2, 0.25) is 0 Å². The first kappa shape index (κ1) is 28.2. The van der Waals surface area contributed by atoms with E-state index in [0.717, 1.165) is 17.7 Å². The third-order valence-corrected chi connectivity index (χ3v) is 2.22. The molecule has 1 heterocycles. The first-order chi connectivity index (χ1) is 10.1. The molecule has 0 unspecified atom stereocenters. The number of nitrogens with zero attached hydrogens (tertiary/aromatic N) is 1. The van der Waals surface area contributed by atoms with E-state index in [-0.39, 0.29) is 0 Å². The molecule has 1 aromatic rings. The van der Waals surface area contributed by atoms with Gasteiger partial charge in [0.25, 0.3) is 0 Å². The Hall–Kier alpha value is -1.05. The third-order valence-electron chi connectivity index (χ3n) is 2.22. The molecule has 0 radical (unpaired) electrons. The lowest BCUT2D eigenvalue weighted by Crippen LogP contribution is -1.75. The monoisotopic (exact) mass is 299 g/mol. The Morgan fingerprint density at radius 3 is 1.62 bits per heavy atom. The van der Waals surface area contributed by atoms with E-state index in [1.165, 1.54) is 18.4 Å². The van der Waals surface area contributed by atoms with E-state index in [0.29, 0.717) is 0 Å². The average Bonchev–Trinajstić information content (AvgIpc) is 2.97. The predicted octanol–water partition coefficient (Wildman–Crippen LogP) is 7.38. The SMILES string of the molecule is C/C=C(\C)CC.CC.CC.CCC.CCc1oncc1C. The van der Waals surface area contributed by atoms with Gasteiger partial charge in [-0.3, -0.25) is 0 Å². The highest BCUT2D eigenvalue weighted by Crippen LogP contribution is 2.04. The number of hydrogen-bond acceptors (Lipinski definition) is 2. The fourth-order valence-corrected chi connectivity index (χ4v) is 0.861. The Bertz CT molecular complexity index is 288. The molecule has 0 aliphatic heterocycles. The van der Waals surface area contributed by atoms with Crippen LogP contribution in [-0.4, -0.2) is 5.16 Å². The fraction of sp³-hybridized carbons (Fsp3) is 0.737. The van der Waals surface area contributed by atoms with Gasteiger partial charge in [-0.1, -0.05) is 78.6 Å². The highest BCUT2D eigenvalue weighted by Gasteiger charge is 1.96. The van der Waals surface area contributed by atoms with Crippen LogP contribution in [0.2, 0.25) is 0 Å². The van der Waals surface area contributed by atoms with E-state index < -0.39 is 0 Å². The van der Waals surface area contributed by atoms with Crippen LogP contribution >= 0.6 is 0 Å². The van der Waals surface area contributed by atoms with Crippen LogP contribution in [0.25, 0.3) is 0 Å². The van der Waals surface area contributed by atoms with Crippen LogP contribution in [0, 0.1) is 6.92 Å². The Morgan fingerprint density at radius 2 is 1.52 bits per heavy atom. The Morgan fingerprint density at radius 1 is 1.10 bits per heavy atom. The van der Waals surface area contributed by atoms with Crippen LogP contribution in [0.15, 0.2) is 22.4 Å². The molecule has 0 spiro atoms. The lowest BCUT2D eigenvalue weighted by atomic mass is 10.2. The van der Waals surface area contributed by atoms with Gasteiger partial charge in [-0.15, -0.1) is 0 Å². The molecule has 0 saturated carbocycles. The molecule has 2 heteroatoms. The van der Waals surface area contributed by atoms with Crippen LogP contribution in [0.5, 0.6) is 0 Å². The quantitative estimate of drug-likeness (QED) is 0.532. The number of rotatable bonds is 2. The largest absolute Gasteiger partial charge is 0.361 e. The molecule has 0 amide bonds. The topological polar surface area (TPSA) is 26.0 Å². The Labute approximate surface area is 135 Å². The van der Waals surface area contributed by atoms with Gasteiger partial charge in [-0.25, -0.2) is 0 Å². The second-order valence-electron chi connectivity index (χ2n) is 3.98. The summed E-state index contributed by atoms with van der Waals surface area (Å²) >= 11 is 0. The number of hydrogen-bond donors (Lipinski definition) is 0. The zero-order chi connectivity index (χ0) is 17.7. The molecular formula is C19H41NO. The average molecular weight is 300 g/mol. The van der Waals surface area contributed by atoms with Crippen LogP contribution in [0.4, 0.5) is 0 Å². The van der Waals surface area contributed by atoms with E-state index in [4.69, 9.17) is 4.52 Å². The first-order valence-electron chi connectivity index (χ1n) is 8.59. The summed E-state index contributed by atoms with van der Waals surface area (Å²) in [6.45, 7) is 22.7. The minimum Gasteiger partial charge on any atom is -0.361 e. The molecule has 1 rings (SSSR count). The summed E-state index contributed by atoms with van der Waals surface area (Å²) in [7, 11) is 0. The van der Waals surface area contributed by atoms with Crippen molar-refractivity contribution >= 4 is 0 Å². The maximum Gasteiger partial charge on any atom is 0.139 e. The van der Waals surface area contributed by atoms with Gasteiger partial charge in [0.1, 0.15) is 5.76 Å². The summed E-state index contributed by atoms with van der Waals surface area (Å²) in [6, 6.07) is 0. The van der Waals surface area contributed by atoms with Gasteiger partial charge >= 0.3 is 0 Å². The summed E-state index contributed by atoms with van der Waals surface area (Å²) in [5.41, 5.74) is 2.61. The third kappa shape index (κ3) is 24.4. The van der Waals surface area contributed by atoms with E-state index >= 15 is 0 Å². The van der Waals surface area contributed by atoms with E-state index in [1.54, 1.807) is 6.20 Å². The molecule has 2 nitrogen and oxygen atoms in total. The van der Waals surface area contributed by atoms with Crippen molar-refractivity contribution in [2.75, 3.05) is 0 Å². The second-order valence-corrected chi connectivity index (χ2v) is 3.98. The number of allylic oxidation sites excluding steroid dienone is 2. The molecule has 0 N–H and O–H groups in total. The van der Waals surface area contributed by atoms with Crippen molar-refractivity contribution in [1.29, 1.82) is 0 Å². The molecule has 0 atom stereocenters. The normalized spacial score (nSPS) is 8.62. The van der Waals surface area contributed by atoms with Crippen LogP contribution < -0.4 is 0 Å². The highest BCUT2D eigenvalue weighted by molar-refractivity contribution is 5.09. The van der Waals surface area contributed by atoms with E-state index in [1.807, 2.05) is 41.5 Å². The molecule has 0 aromatic carbocycles. The van der Waals surface area contributed by atoms with Crippen LogP contribution in [-0.2, 0) is 6.42 Å². The van der Waals surface area contributed by atoms with Gasteiger partial charge in [0.15, 0.2) is 0 Å². The van der Waals surface area contributed by atoms with Crippen molar-refractivity contribution in [1.82, 2.24) is 5.16 Å². The molecule has 0 bridgehead atoms. The summed E-state index contributed by atoms with van der Waals surface area (Å²) in [5.74, 6) is 0.991. The van der Waals surface area contributed by atoms with Crippen LogP contribution in [0.3, 0.4) is 0 Å². The van der Waals surface area contributed by atoms with Crippen molar-refractivity contribution in [3.05, 3.63) is 29.2 Å². The van der Waals surface area contributed by atoms with E-state index in [9.17, 15) is 0 Å². The minimum atomic E-state index is 0.936. The number of aryl methyl sites for hydroxylation is 2. The first-order valence-corrected chi connectivity index (χ1v) is 8.59. The maximum absolute atomic E-state index is 4.86. The second kappa shape index (κ2) is 27.3. The van der Waals surface area contributed by atoms with Gasteiger partial charge in [0, 0.05) is 12.0 Å². The standard InChI is InChI=1S/C6H9NO.C6H12.C3H8.2C2H6/c1-3-6-5(2)4-7-8-6;1-4-6(3)5-2;1-3-2;2*1-2/h4H,3H2,1-2H3;4H,5H2,1-3H3;3H2,1-2H3;2*1-2H3/b;6-4+;;;. The Kier molecular flexibility index (Phi) is 36.6. The van der Waals surface area contributed by atoms with Crippen molar-refractivity contribution in [2.24, 2.45) is 0 Å². The summed E-state index contributed by atoms with van der Waals surface area (Å²) < 4.78 is 4.86. The summed E-state index contributed by atoms with van der Waals surface area (Å²) in [6.07, 6.45) is 7.25. The van der Waals surface area contributed by atoms with Gasteiger partial charge in [-0.05, 0) is 27.2 Å².